The molecule has 0 atom stereocenters. The van der Waals surface area contributed by atoms with Crippen molar-refractivity contribution in [2.24, 2.45) is 11.8 Å². The van der Waals surface area contributed by atoms with Gasteiger partial charge in [-0.3, -0.25) is 0 Å². The first-order valence-electron chi connectivity index (χ1n) is 7.89. The van der Waals surface area contributed by atoms with Crippen LogP contribution in [-0.4, -0.2) is 0 Å². The zero-order chi connectivity index (χ0) is 13.1. The third-order valence-electron chi connectivity index (χ3n) is 3.28. The monoisotopic (exact) mass is 239 g/mol. The van der Waals surface area contributed by atoms with Crippen LogP contribution in [0, 0.1) is 17.8 Å². The second-order valence-corrected chi connectivity index (χ2v) is 6.46. The minimum atomic E-state index is 0.837. The van der Waals surface area contributed by atoms with Gasteiger partial charge in [0.25, 0.3) is 0 Å². The van der Waals surface area contributed by atoms with Crippen molar-refractivity contribution in [1.29, 1.82) is 0 Å². The van der Waals surface area contributed by atoms with E-state index in [9.17, 15) is 0 Å². The molecule has 0 nitrogen and oxygen atoms in total. The topological polar surface area (TPSA) is 0 Å². The summed E-state index contributed by atoms with van der Waals surface area (Å²) in [5.41, 5.74) is 0. The van der Waals surface area contributed by atoms with Crippen LogP contribution in [0.3, 0.4) is 0 Å². The predicted molar refractivity (Wildman–Crippen MR) is 80.1 cm³/mol. The Morgan fingerprint density at radius 2 is 1.18 bits per heavy atom. The molecule has 0 N–H and O–H groups in total. The highest BCUT2D eigenvalue weighted by molar-refractivity contribution is 4.91. The lowest BCUT2D eigenvalue weighted by Gasteiger charge is -2.20. The van der Waals surface area contributed by atoms with Gasteiger partial charge in [-0.05, 0) is 37.0 Å². The fourth-order valence-electron chi connectivity index (χ4n) is 2.60. The number of hydrogen-bond acceptors (Lipinski definition) is 0. The summed E-state index contributed by atoms with van der Waals surface area (Å²) >= 11 is 0. The van der Waals surface area contributed by atoms with Crippen molar-refractivity contribution in [3.8, 4) is 0 Å². The van der Waals surface area contributed by atoms with E-state index in [1.807, 2.05) is 5.92 Å². The summed E-state index contributed by atoms with van der Waals surface area (Å²) in [7, 11) is 0. The van der Waals surface area contributed by atoms with Crippen molar-refractivity contribution in [3.63, 3.8) is 0 Å². The number of unbranched alkanes of at least 4 members (excludes halogenated alkanes) is 5. The summed E-state index contributed by atoms with van der Waals surface area (Å²) in [6.07, 6.45) is 12.7. The molecule has 0 aliphatic carbocycles. The lowest BCUT2D eigenvalue weighted by Crippen LogP contribution is -2.06. The Morgan fingerprint density at radius 3 is 1.65 bits per heavy atom. The van der Waals surface area contributed by atoms with Gasteiger partial charge in [0.2, 0.25) is 0 Å². The Hall–Kier alpha value is 0. The molecular formula is C17H35. The van der Waals surface area contributed by atoms with Crippen LogP contribution >= 0.6 is 0 Å². The smallest absolute Gasteiger partial charge is 0.0236 e. The van der Waals surface area contributed by atoms with Crippen LogP contribution in [0.2, 0.25) is 0 Å². The largest absolute Gasteiger partial charge is 0.0654 e. The number of hydrogen-bond donors (Lipinski definition) is 0. The summed E-state index contributed by atoms with van der Waals surface area (Å²) in [6, 6.07) is 0. The summed E-state index contributed by atoms with van der Waals surface area (Å²) in [6.45, 7) is 11.7. The van der Waals surface area contributed by atoms with Gasteiger partial charge in [0.05, 0.1) is 0 Å². The summed E-state index contributed by atoms with van der Waals surface area (Å²) < 4.78 is 0. The second-order valence-electron chi connectivity index (χ2n) is 6.46. The molecule has 0 aromatic rings. The molecule has 0 saturated heterocycles. The lowest BCUT2D eigenvalue weighted by molar-refractivity contribution is 0.468. The molecule has 1 radical (unpaired) electrons. The SMILES string of the molecule is CCCCCCCC[C](CC(C)C)CC(C)C. The predicted octanol–water partition coefficient (Wildman–Crippen LogP) is 6.40. The summed E-state index contributed by atoms with van der Waals surface area (Å²) in [4.78, 5) is 0. The van der Waals surface area contributed by atoms with E-state index in [0.29, 0.717) is 0 Å². The molecule has 0 amide bonds. The van der Waals surface area contributed by atoms with Crippen molar-refractivity contribution in [3.05, 3.63) is 5.92 Å². The van der Waals surface area contributed by atoms with Gasteiger partial charge < -0.3 is 0 Å². The van der Waals surface area contributed by atoms with Crippen LogP contribution in [0.5, 0.6) is 0 Å². The molecule has 0 spiro atoms. The Labute approximate surface area is 111 Å². The third-order valence-corrected chi connectivity index (χ3v) is 3.28. The van der Waals surface area contributed by atoms with E-state index < -0.39 is 0 Å². The molecule has 0 aliphatic heterocycles. The molecule has 0 aromatic heterocycles. The van der Waals surface area contributed by atoms with Crippen LogP contribution < -0.4 is 0 Å². The lowest BCUT2D eigenvalue weighted by atomic mass is 9.85. The molecule has 0 aromatic carbocycles. The second kappa shape index (κ2) is 11.1. The van der Waals surface area contributed by atoms with Crippen LogP contribution in [0.1, 0.15) is 92.4 Å². The van der Waals surface area contributed by atoms with Crippen molar-refractivity contribution in [2.75, 3.05) is 0 Å². The van der Waals surface area contributed by atoms with Gasteiger partial charge in [-0.1, -0.05) is 73.1 Å². The molecular weight excluding hydrogens is 204 g/mol. The fourth-order valence-corrected chi connectivity index (χ4v) is 2.60. The highest BCUT2D eigenvalue weighted by atomic mass is 14.2. The van der Waals surface area contributed by atoms with E-state index >= 15 is 0 Å². The van der Waals surface area contributed by atoms with Gasteiger partial charge >= 0.3 is 0 Å². The molecule has 0 fully saturated rings. The van der Waals surface area contributed by atoms with Crippen molar-refractivity contribution in [1.82, 2.24) is 0 Å². The molecule has 17 heavy (non-hydrogen) atoms. The van der Waals surface area contributed by atoms with E-state index in [2.05, 4.69) is 34.6 Å². The molecule has 0 rings (SSSR count). The normalized spacial score (nSPS) is 12.0. The van der Waals surface area contributed by atoms with E-state index in [0.717, 1.165) is 11.8 Å². The molecule has 0 aliphatic rings. The van der Waals surface area contributed by atoms with Crippen LogP contribution in [0.15, 0.2) is 0 Å². The first kappa shape index (κ1) is 17.0. The van der Waals surface area contributed by atoms with Crippen molar-refractivity contribution < 1.29 is 0 Å². The zero-order valence-corrected chi connectivity index (χ0v) is 13.0. The molecule has 0 saturated carbocycles. The van der Waals surface area contributed by atoms with E-state index in [1.54, 1.807) is 0 Å². The van der Waals surface area contributed by atoms with Gasteiger partial charge in [0.1, 0.15) is 0 Å². The van der Waals surface area contributed by atoms with Crippen molar-refractivity contribution >= 4 is 0 Å². The Morgan fingerprint density at radius 1 is 0.706 bits per heavy atom. The Balaban J connectivity index is 3.60. The zero-order valence-electron chi connectivity index (χ0n) is 13.0. The third kappa shape index (κ3) is 12.2. The molecule has 0 bridgehead atoms. The van der Waals surface area contributed by atoms with E-state index in [4.69, 9.17) is 0 Å². The average Bonchev–Trinajstić information content (AvgIpc) is 2.21. The Bertz CT molecular complexity index is 136. The standard InChI is InChI=1S/C17H35/c1-6-7-8-9-10-11-12-17(13-15(2)3)14-16(4)5/h15-16H,6-14H2,1-5H3. The quantitative estimate of drug-likeness (QED) is 0.366. The van der Waals surface area contributed by atoms with E-state index in [-0.39, 0.29) is 0 Å². The Kier molecular flexibility index (Phi) is 11.1. The van der Waals surface area contributed by atoms with Gasteiger partial charge in [0, 0.05) is 0 Å². The highest BCUT2D eigenvalue weighted by Crippen LogP contribution is 2.27. The van der Waals surface area contributed by atoms with Gasteiger partial charge in [-0.2, -0.15) is 0 Å². The van der Waals surface area contributed by atoms with Gasteiger partial charge in [-0.25, -0.2) is 0 Å². The van der Waals surface area contributed by atoms with Crippen molar-refractivity contribution in [2.45, 2.75) is 92.4 Å². The first-order valence-corrected chi connectivity index (χ1v) is 7.89. The fraction of sp³-hybridized carbons (Fsp3) is 0.941. The maximum atomic E-state index is 2.35. The first-order chi connectivity index (χ1) is 8.06. The molecule has 103 valence electrons. The van der Waals surface area contributed by atoms with E-state index in [1.165, 1.54) is 57.8 Å². The summed E-state index contributed by atoms with van der Waals surface area (Å²) in [5.74, 6) is 3.50. The molecule has 0 heteroatoms. The average molecular weight is 239 g/mol. The van der Waals surface area contributed by atoms with Gasteiger partial charge in [-0.15, -0.1) is 0 Å². The molecule has 0 heterocycles. The number of rotatable bonds is 11. The maximum absolute atomic E-state index is 2.35. The van der Waals surface area contributed by atoms with Gasteiger partial charge in [0.15, 0.2) is 0 Å². The minimum Gasteiger partial charge on any atom is -0.0654 e. The molecule has 0 unspecified atom stereocenters. The summed E-state index contributed by atoms with van der Waals surface area (Å²) in [5, 5.41) is 0. The highest BCUT2D eigenvalue weighted by Gasteiger charge is 2.12. The van der Waals surface area contributed by atoms with Crippen LogP contribution in [0.4, 0.5) is 0 Å². The van der Waals surface area contributed by atoms with Crippen LogP contribution in [-0.2, 0) is 0 Å². The van der Waals surface area contributed by atoms with Crippen LogP contribution in [0.25, 0.3) is 0 Å². The minimum absolute atomic E-state index is 0.837. The maximum Gasteiger partial charge on any atom is -0.0236 e.